The molecule has 0 amide bonds. The molecule has 3 aliphatic carbocycles. The predicted octanol–water partition coefficient (Wildman–Crippen LogP) is 5.08. The van der Waals surface area contributed by atoms with Crippen LogP contribution in [0.2, 0.25) is 5.02 Å². The number of alkyl halides is 1. The molecule has 0 saturated heterocycles. The summed E-state index contributed by atoms with van der Waals surface area (Å²) in [7, 11) is 0. The van der Waals surface area contributed by atoms with E-state index in [4.69, 9.17) is 11.6 Å². The van der Waals surface area contributed by atoms with Crippen molar-refractivity contribution in [2.24, 2.45) is 0 Å². The van der Waals surface area contributed by atoms with Crippen molar-refractivity contribution < 1.29 is 0 Å². The van der Waals surface area contributed by atoms with Gasteiger partial charge in [0, 0.05) is 9.35 Å². The second-order valence-corrected chi connectivity index (χ2v) is 7.56. The van der Waals surface area contributed by atoms with Gasteiger partial charge in [0.1, 0.15) is 0 Å². The minimum Gasteiger partial charge on any atom is -0.0853 e. The van der Waals surface area contributed by atoms with Crippen LogP contribution in [0.5, 0.6) is 0 Å². The summed E-state index contributed by atoms with van der Waals surface area (Å²) in [6.07, 6.45) is 7.91. The first-order chi connectivity index (χ1) is 7.62. The van der Waals surface area contributed by atoms with Crippen LogP contribution >= 0.6 is 27.5 Å². The molecule has 1 aromatic carbocycles. The van der Waals surface area contributed by atoms with Crippen LogP contribution in [0.4, 0.5) is 0 Å². The second-order valence-electron chi connectivity index (χ2n) is 5.44. The summed E-state index contributed by atoms with van der Waals surface area (Å²) in [6.45, 7) is 0. The fourth-order valence-electron chi connectivity index (χ4n) is 3.39. The number of fused-ring (bicyclic) bond motifs is 3. The van der Waals surface area contributed by atoms with Gasteiger partial charge in [0.2, 0.25) is 0 Å². The quantitative estimate of drug-likeness (QED) is 0.634. The van der Waals surface area contributed by atoms with Crippen LogP contribution in [0.3, 0.4) is 0 Å². The molecule has 0 aliphatic heterocycles. The van der Waals surface area contributed by atoms with Crippen molar-refractivity contribution >= 4 is 27.5 Å². The van der Waals surface area contributed by atoms with E-state index in [0.717, 1.165) is 5.02 Å². The van der Waals surface area contributed by atoms with Crippen LogP contribution in [0, 0.1) is 0 Å². The Hall–Kier alpha value is -0.0100. The minimum atomic E-state index is 0.431. The summed E-state index contributed by atoms with van der Waals surface area (Å²) in [6, 6.07) is 8.51. The largest absolute Gasteiger partial charge is 0.0853 e. The summed E-state index contributed by atoms with van der Waals surface area (Å²) in [5, 5.41) is 0.883. The Morgan fingerprint density at radius 1 is 1.00 bits per heavy atom. The molecule has 2 bridgehead atoms. The standard InChI is InChI=1S/C14H16BrCl/c15-14-7-4-13(5-8-14,6-9-14)11-2-1-3-12(16)10-11/h1-3,10H,4-9H2. The molecule has 3 saturated carbocycles. The lowest BCUT2D eigenvalue weighted by atomic mass is 9.58. The highest BCUT2D eigenvalue weighted by atomic mass is 79.9. The molecule has 2 heteroatoms. The zero-order valence-corrected chi connectivity index (χ0v) is 11.6. The molecule has 0 unspecified atom stereocenters. The number of halogens is 2. The normalized spacial score (nSPS) is 37.6. The Bertz CT molecular complexity index is 388. The second kappa shape index (κ2) is 3.74. The number of hydrogen-bond acceptors (Lipinski definition) is 0. The van der Waals surface area contributed by atoms with Crippen molar-refractivity contribution in [3.8, 4) is 0 Å². The maximum absolute atomic E-state index is 6.11. The third-order valence-electron chi connectivity index (χ3n) is 4.59. The number of rotatable bonds is 1. The zero-order chi connectivity index (χ0) is 11.2. The molecule has 0 heterocycles. The van der Waals surface area contributed by atoms with Crippen molar-refractivity contribution in [1.29, 1.82) is 0 Å². The van der Waals surface area contributed by atoms with Crippen LogP contribution in [0.25, 0.3) is 0 Å². The topological polar surface area (TPSA) is 0 Å². The summed E-state index contributed by atoms with van der Waals surface area (Å²) >= 11 is 10.0. The monoisotopic (exact) mass is 298 g/mol. The first-order valence-electron chi connectivity index (χ1n) is 6.07. The fourth-order valence-corrected chi connectivity index (χ4v) is 4.18. The SMILES string of the molecule is Clc1cccc(C23CCC(Br)(CC2)CC3)c1. The molecule has 3 fully saturated rings. The van der Waals surface area contributed by atoms with E-state index < -0.39 is 0 Å². The van der Waals surface area contributed by atoms with E-state index in [0.29, 0.717) is 9.74 Å². The smallest absolute Gasteiger partial charge is 0.0408 e. The van der Waals surface area contributed by atoms with E-state index >= 15 is 0 Å². The van der Waals surface area contributed by atoms with Gasteiger partial charge in [-0.1, -0.05) is 39.7 Å². The highest BCUT2D eigenvalue weighted by molar-refractivity contribution is 9.10. The maximum Gasteiger partial charge on any atom is 0.0408 e. The molecular formula is C14H16BrCl. The van der Waals surface area contributed by atoms with E-state index in [1.807, 2.05) is 6.07 Å². The molecule has 0 N–H and O–H groups in total. The van der Waals surface area contributed by atoms with Crippen LogP contribution in [0.1, 0.15) is 44.1 Å². The van der Waals surface area contributed by atoms with Gasteiger partial charge in [0.25, 0.3) is 0 Å². The van der Waals surface area contributed by atoms with E-state index in [2.05, 4.69) is 34.1 Å². The Morgan fingerprint density at radius 3 is 2.19 bits per heavy atom. The Labute approximate surface area is 111 Å². The third kappa shape index (κ3) is 1.73. The molecule has 0 aromatic heterocycles. The maximum atomic E-state index is 6.11. The molecule has 16 heavy (non-hydrogen) atoms. The summed E-state index contributed by atoms with van der Waals surface area (Å²) in [4.78, 5) is 0. The van der Waals surface area contributed by atoms with Crippen LogP contribution < -0.4 is 0 Å². The lowest BCUT2D eigenvalue weighted by Gasteiger charge is -2.51. The summed E-state index contributed by atoms with van der Waals surface area (Å²) in [5.74, 6) is 0. The fraction of sp³-hybridized carbons (Fsp3) is 0.571. The van der Waals surface area contributed by atoms with Gasteiger partial charge in [0.15, 0.2) is 0 Å². The van der Waals surface area contributed by atoms with Crippen LogP contribution in [0.15, 0.2) is 24.3 Å². The summed E-state index contributed by atoms with van der Waals surface area (Å²) in [5.41, 5.74) is 1.90. The highest BCUT2D eigenvalue weighted by Crippen LogP contribution is 2.56. The van der Waals surface area contributed by atoms with Gasteiger partial charge in [-0.25, -0.2) is 0 Å². The third-order valence-corrected chi connectivity index (χ3v) is 6.02. The Morgan fingerprint density at radius 2 is 1.62 bits per heavy atom. The molecule has 3 aliphatic rings. The van der Waals surface area contributed by atoms with Crippen molar-refractivity contribution in [1.82, 2.24) is 0 Å². The minimum absolute atomic E-state index is 0.431. The van der Waals surface area contributed by atoms with E-state index in [1.165, 1.54) is 44.1 Å². The summed E-state index contributed by atoms with van der Waals surface area (Å²) < 4.78 is 0.466. The predicted molar refractivity (Wildman–Crippen MR) is 72.5 cm³/mol. The lowest BCUT2D eigenvalue weighted by molar-refractivity contribution is 0.162. The van der Waals surface area contributed by atoms with Crippen molar-refractivity contribution in [3.63, 3.8) is 0 Å². The van der Waals surface area contributed by atoms with Gasteiger partial charge in [-0.3, -0.25) is 0 Å². The average molecular weight is 300 g/mol. The average Bonchev–Trinajstić information content (AvgIpc) is 2.30. The van der Waals surface area contributed by atoms with E-state index in [1.54, 1.807) is 0 Å². The Kier molecular flexibility index (Phi) is 2.60. The molecule has 0 nitrogen and oxygen atoms in total. The molecule has 0 radical (unpaired) electrons. The van der Waals surface area contributed by atoms with Crippen molar-refractivity contribution in [2.45, 2.75) is 48.3 Å². The molecule has 86 valence electrons. The Balaban J connectivity index is 1.95. The van der Waals surface area contributed by atoms with Crippen molar-refractivity contribution in [2.75, 3.05) is 0 Å². The zero-order valence-electron chi connectivity index (χ0n) is 9.31. The molecule has 1 aromatic rings. The molecule has 0 atom stereocenters. The van der Waals surface area contributed by atoms with Gasteiger partial charge >= 0.3 is 0 Å². The van der Waals surface area contributed by atoms with Gasteiger partial charge in [-0.2, -0.15) is 0 Å². The van der Waals surface area contributed by atoms with Gasteiger partial charge in [0.05, 0.1) is 0 Å². The van der Waals surface area contributed by atoms with Gasteiger partial charge in [-0.15, -0.1) is 0 Å². The van der Waals surface area contributed by atoms with Crippen LogP contribution in [-0.4, -0.2) is 4.32 Å². The number of benzene rings is 1. The molecular weight excluding hydrogens is 284 g/mol. The highest BCUT2D eigenvalue weighted by Gasteiger charge is 2.47. The van der Waals surface area contributed by atoms with E-state index in [-0.39, 0.29) is 0 Å². The number of hydrogen-bond donors (Lipinski definition) is 0. The first kappa shape index (κ1) is 11.1. The van der Waals surface area contributed by atoms with E-state index in [9.17, 15) is 0 Å². The van der Waals surface area contributed by atoms with Gasteiger partial charge < -0.3 is 0 Å². The lowest BCUT2D eigenvalue weighted by Crippen LogP contribution is -2.44. The first-order valence-corrected chi connectivity index (χ1v) is 7.24. The molecule has 0 spiro atoms. The van der Waals surface area contributed by atoms with Crippen LogP contribution in [-0.2, 0) is 5.41 Å². The molecule has 4 rings (SSSR count). The van der Waals surface area contributed by atoms with Gasteiger partial charge in [-0.05, 0) is 61.6 Å². The van der Waals surface area contributed by atoms with Crippen molar-refractivity contribution in [3.05, 3.63) is 34.9 Å².